The summed E-state index contributed by atoms with van der Waals surface area (Å²) in [7, 11) is 0. The van der Waals surface area contributed by atoms with Crippen molar-refractivity contribution in [2.24, 2.45) is 0 Å². The predicted octanol–water partition coefficient (Wildman–Crippen LogP) is 5.01. The zero-order valence-electron chi connectivity index (χ0n) is 13.3. The van der Waals surface area contributed by atoms with Crippen molar-refractivity contribution in [3.8, 4) is 0 Å². The lowest BCUT2D eigenvalue weighted by Gasteiger charge is -2.07. The fraction of sp³-hybridized carbons (Fsp3) is 0.111. The summed E-state index contributed by atoms with van der Waals surface area (Å²) >= 11 is 1.72. The molecule has 1 amide bonds. The van der Waals surface area contributed by atoms with Crippen LogP contribution < -0.4 is 5.32 Å². The predicted molar refractivity (Wildman–Crippen MR) is 99.0 cm³/mol. The van der Waals surface area contributed by atoms with Crippen molar-refractivity contribution in [1.29, 1.82) is 0 Å². The Morgan fingerprint density at radius 1 is 1.12 bits per heavy atom. The average molecular weight is 393 g/mol. The monoisotopic (exact) mass is 393 g/mol. The molecule has 0 spiro atoms. The van der Waals surface area contributed by atoms with Crippen LogP contribution in [0.4, 0.5) is 14.5 Å². The van der Waals surface area contributed by atoms with E-state index in [1.165, 1.54) is 35.6 Å². The number of fused-ring (bicyclic) bond motifs is 1. The van der Waals surface area contributed by atoms with Gasteiger partial charge in [0.1, 0.15) is 4.88 Å². The zero-order valence-corrected chi connectivity index (χ0v) is 14.9. The first-order chi connectivity index (χ1) is 12.5. The molecule has 0 saturated heterocycles. The Labute approximate surface area is 156 Å². The van der Waals surface area contributed by atoms with E-state index in [1.807, 2.05) is 24.3 Å². The number of rotatable bonds is 6. The van der Waals surface area contributed by atoms with Crippen LogP contribution >= 0.6 is 23.1 Å². The Morgan fingerprint density at radius 2 is 1.85 bits per heavy atom. The highest BCUT2D eigenvalue weighted by molar-refractivity contribution is 7.99. The Kier molecular flexibility index (Phi) is 5.85. The van der Waals surface area contributed by atoms with Gasteiger partial charge in [-0.2, -0.15) is 8.78 Å². The molecule has 0 aliphatic heterocycles. The molecule has 134 valence electrons. The van der Waals surface area contributed by atoms with Gasteiger partial charge in [0.25, 0.3) is 11.7 Å². The van der Waals surface area contributed by atoms with Crippen LogP contribution in [-0.4, -0.2) is 24.2 Å². The number of hydrogen-bond donors (Lipinski definition) is 1. The van der Waals surface area contributed by atoms with Crippen LogP contribution in [0, 0.1) is 0 Å². The number of hydrogen-bond acceptors (Lipinski definition) is 5. The molecule has 1 heterocycles. The van der Waals surface area contributed by atoms with E-state index in [0.717, 1.165) is 10.1 Å². The molecule has 1 aromatic heterocycles. The third kappa shape index (κ3) is 4.80. The number of thiophene rings is 1. The number of benzene rings is 2. The molecule has 0 unspecified atom stereocenters. The van der Waals surface area contributed by atoms with E-state index in [-0.39, 0.29) is 0 Å². The molecule has 4 nitrogen and oxygen atoms in total. The van der Waals surface area contributed by atoms with Gasteiger partial charge in [-0.3, -0.25) is 4.79 Å². The van der Waals surface area contributed by atoms with Gasteiger partial charge in [0.2, 0.25) is 0 Å². The Balaban J connectivity index is 1.52. The fourth-order valence-electron chi connectivity index (χ4n) is 2.20. The molecule has 2 aromatic carbocycles. The number of alkyl halides is 2. The molecule has 3 aromatic rings. The number of carbonyl (C=O) groups excluding carboxylic acids is 2. The maximum absolute atomic E-state index is 12.3. The fourth-order valence-corrected chi connectivity index (χ4v) is 3.66. The SMILES string of the molecule is O=C(COC(=O)c1cc2ccccc2s1)Nc1ccc(SC(F)F)cc1. The van der Waals surface area contributed by atoms with Gasteiger partial charge in [0.05, 0.1) is 0 Å². The maximum atomic E-state index is 12.3. The zero-order chi connectivity index (χ0) is 18.5. The summed E-state index contributed by atoms with van der Waals surface area (Å²) in [6.45, 7) is -0.430. The Morgan fingerprint density at radius 3 is 2.54 bits per heavy atom. The molecule has 0 saturated carbocycles. The maximum Gasteiger partial charge on any atom is 0.348 e. The van der Waals surface area contributed by atoms with Crippen molar-refractivity contribution >= 4 is 50.7 Å². The second-order valence-corrected chi connectivity index (χ2v) is 7.32. The van der Waals surface area contributed by atoms with Gasteiger partial charge in [-0.25, -0.2) is 4.79 Å². The molecule has 3 rings (SSSR count). The summed E-state index contributed by atoms with van der Waals surface area (Å²) in [4.78, 5) is 24.7. The minimum atomic E-state index is -2.50. The molecular formula is C18H13F2NO3S2. The Bertz CT molecular complexity index is 893. The molecule has 0 atom stereocenters. The van der Waals surface area contributed by atoms with E-state index in [2.05, 4.69) is 5.32 Å². The summed E-state index contributed by atoms with van der Waals surface area (Å²) < 4.78 is 30.5. The van der Waals surface area contributed by atoms with Crippen LogP contribution in [0.25, 0.3) is 10.1 Å². The minimum Gasteiger partial charge on any atom is -0.451 e. The van der Waals surface area contributed by atoms with E-state index >= 15 is 0 Å². The highest BCUT2D eigenvalue weighted by Crippen LogP contribution is 2.27. The van der Waals surface area contributed by atoms with Crippen molar-refractivity contribution in [2.45, 2.75) is 10.7 Å². The van der Waals surface area contributed by atoms with Crippen LogP contribution in [0.3, 0.4) is 0 Å². The van der Waals surface area contributed by atoms with Crippen LogP contribution in [0.2, 0.25) is 0 Å². The second-order valence-electron chi connectivity index (χ2n) is 5.18. The highest BCUT2D eigenvalue weighted by Gasteiger charge is 2.14. The van der Waals surface area contributed by atoms with E-state index < -0.39 is 24.2 Å². The summed E-state index contributed by atoms with van der Waals surface area (Å²) in [6.07, 6.45) is 0. The molecule has 0 fully saturated rings. The molecule has 0 aliphatic carbocycles. The number of ether oxygens (including phenoxy) is 1. The van der Waals surface area contributed by atoms with Gasteiger partial charge in [-0.05, 0) is 41.8 Å². The van der Waals surface area contributed by atoms with Gasteiger partial charge >= 0.3 is 5.97 Å². The standard InChI is InChI=1S/C18H13F2NO3S2/c19-18(20)25-13-7-5-12(6-8-13)21-16(22)10-24-17(23)15-9-11-3-1-2-4-14(11)26-15/h1-9,18H,10H2,(H,21,22). The number of thioether (sulfide) groups is 1. The molecule has 0 bridgehead atoms. The minimum absolute atomic E-state index is 0.397. The van der Waals surface area contributed by atoms with Crippen molar-refractivity contribution in [3.63, 3.8) is 0 Å². The summed E-state index contributed by atoms with van der Waals surface area (Å²) in [6, 6.07) is 15.3. The molecular weight excluding hydrogens is 380 g/mol. The van der Waals surface area contributed by atoms with Crippen molar-refractivity contribution in [2.75, 3.05) is 11.9 Å². The smallest absolute Gasteiger partial charge is 0.348 e. The van der Waals surface area contributed by atoms with Gasteiger partial charge < -0.3 is 10.1 Å². The lowest BCUT2D eigenvalue weighted by molar-refractivity contribution is -0.119. The number of amides is 1. The van der Waals surface area contributed by atoms with E-state index in [0.29, 0.717) is 27.2 Å². The first-order valence-corrected chi connectivity index (χ1v) is 9.21. The van der Waals surface area contributed by atoms with Crippen molar-refractivity contribution < 1.29 is 23.1 Å². The van der Waals surface area contributed by atoms with Gasteiger partial charge in [0, 0.05) is 15.3 Å². The molecule has 0 radical (unpaired) electrons. The Hall–Kier alpha value is -2.45. The van der Waals surface area contributed by atoms with Crippen molar-refractivity contribution in [1.82, 2.24) is 0 Å². The van der Waals surface area contributed by atoms with E-state index in [9.17, 15) is 18.4 Å². The summed E-state index contributed by atoms with van der Waals surface area (Å²) in [5.74, 6) is -3.57. The number of esters is 1. The van der Waals surface area contributed by atoms with E-state index in [4.69, 9.17) is 4.74 Å². The van der Waals surface area contributed by atoms with Crippen LogP contribution in [-0.2, 0) is 9.53 Å². The van der Waals surface area contributed by atoms with E-state index in [1.54, 1.807) is 6.07 Å². The quantitative estimate of drug-likeness (QED) is 0.472. The molecule has 8 heteroatoms. The number of nitrogens with one attached hydrogen (secondary N) is 1. The topological polar surface area (TPSA) is 55.4 Å². The lowest BCUT2D eigenvalue weighted by atomic mass is 10.2. The van der Waals surface area contributed by atoms with Crippen molar-refractivity contribution in [3.05, 3.63) is 59.5 Å². The van der Waals surface area contributed by atoms with Crippen LogP contribution in [0.5, 0.6) is 0 Å². The third-order valence-corrected chi connectivity index (χ3v) is 5.14. The van der Waals surface area contributed by atoms with Gasteiger partial charge in [-0.15, -0.1) is 11.3 Å². The lowest BCUT2D eigenvalue weighted by Crippen LogP contribution is -2.20. The normalized spacial score (nSPS) is 10.9. The van der Waals surface area contributed by atoms with Crippen LogP contribution in [0.15, 0.2) is 59.5 Å². The largest absolute Gasteiger partial charge is 0.451 e. The molecule has 0 aliphatic rings. The molecule has 26 heavy (non-hydrogen) atoms. The number of carbonyl (C=O) groups is 2. The van der Waals surface area contributed by atoms with Gasteiger partial charge in [-0.1, -0.05) is 30.0 Å². The number of anilines is 1. The first-order valence-electron chi connectivity index (χ1n) is 7.52. The average Bonchev–Trinajstić information content (AvgIpc) is 3.05. The van der Waals surface area contributed by atoms with Crippen LogP contribution in [0.1, 0.15) is 9.67 Å². The van der Waals surface area contributed by atoms with Gasteiger partial charge in [0.15, 0.2) is 6.61 Å². The number of halogens is 2. The summed E-state index contributed by atoms with van der Waals surface area (Å²) in [5, 5.41) is 3.49. The third-order valence-electron chi connectivity index (χ3n) is 3.32. The second kappa shape index (κ2) is 8.29. The highest BCUT2D eigenvalue weighted by atomic mass is 32.2. The first kappa shape index (κ1) is 18.3. The summed E-state index contributed by atoms with van der Waals surface area (Å²) in [5.41, 5.74) is 0.437. The molecule has 1 N–H and O–H groups in total.